The van der Waals surface area contributed by atoms with E-state index in [4.69, 9.17) is 9.47 Å². The number of anilines is 1. The largest absolute Gasteiger partial charge is 0.472 e. The van der Waals surface area contributed by atoms with Crippen molar-refractivity contribution in [2.45, 2.75) is 24.9 Å². The third kappa shape index (κ3) is 4.30. The van der Waals surface area contributed by atoms with Gasteiger partial charge in [0.15, 0.2) is 5.60 Å². The van der Waals surface area contributed by atoms with E-state index in [1.807, 2.05) is 32.1 Å². The molecule has 5 aromatic rings. The SMILES string of the molecule is Bc1cc(Br)c2c(c1)-c1c(c3c(c4c(F)cc(F)cc14)OC(c1ccc(F)cc1)(c1ccc(N4CCOCC4)cc1)C=C3)C2(C)C. The van der Waals surface area contributed by atoms with Gasteiger partial charge in [-0.05, 0) is 64.0 Å². The highest BCUT2D eigenvalue weighted by molar-refractivity contribution is 9.10. The highest BCUT2D eigenvalue weighted by atomic mass is 79.9. The summed E-state index contributed by atoms with van der Waals surface area (Å²) in [5, 5.41) is 0.679. The van der Waals surface area contributed by atoms with Crippen LogP contribution in [0, 0.1) is 17.5 Å². The Morgan fingerprint density at radius 2 is 1.50 bits per heavy atom. The van der Waals surface area contributed by atoms with Crippen LogP contribution < -0.4 is 15.1 Å². The fourth-order valence-electron chi connectivity index (χ4n) is 7.72. The molecule has 230 valence electrons. The summed E-state index contributed by atoms with van der Waals surface area (Å²) in [5.74, 6) is -1.38. The number of fused-ring (bicyclic) bond motifs is 8. The molecule has 8 rings (SSSR count). The van der Waals surface area contributed by atoms with Crippen LogP contribution in [0.2, 0.25) is 0 Å². The molecule has 0 aromatic heterocycles. The third-order valence-electron chi connectivity index (χ3n) is 9.76. The molecule has 3 aliphatic rings. The first kappa shape index (κ1) is 29.4. The van der Waals surface area contributed by atoms with Crippen LogP contribution in [0.15, 0.2) is 83.3 Å². The van der Waals surface area contributed by atoms with Gasteiger partial charge in [-0.1, -0.05) is 77.7 Å². The second kappa shape index (κ2) is 10.5. The zero-order valence-electron chi connectivity index (χ0n) is 25.7. The molecule has 0 amide bonds. The van der Waals surface area contributed by atoms with Crippen molar-refractivity contribution < 1.29 is 22.6 Å². The molecule has 46 heavy (non-hydrogen) atoms. The van der Waals surface area contributed by atoms with Crippen molar-refractivity contribution in [3.05, 3.63) is 129 Å². The third-order valence-corrected chi connectivity index (χ3v) is 10.4. The lowest BCUT2D eigenvalue weighted by Gasteiger charge is -2.39. The highest BCUT2D eigenvalue weighted by Gasteiger charge is 2.45. The Morgan fingerprint density at radius 3 is 2.20 bits per heavy atom. The van der Waals surface area contributed by atoms with Crippen molar-refractivity contribution in [1.82, 2.24) is 0 Å². The molecular weight excluding hydrogens is 650 g/mol. The summed E-state index contributed by atoms with van der Waals surface area (Å²) in [6.07, 6.45) is 3.99. The van der Waals surface area contributed by atoms with Gasteiger partial charge in [-0.2, -0.15) is 0 Å². The molecule has 0 spiro atoms. The molecule has 2 heterocycles. The number of ether oxygens (including phenoxy) is 2. The smallest absolute Gasteiger partial charge is 0.178 e. The minimum absolute atomic E-state index is 0.220. The summed E-state index contributed by atoms with van der Waals surface area (Å²) in [6.45, 7) is 7.21. The monoisotopic (exact) mass is 679 g/mol. The molecule has 0 radical (unpaired) electrons. The van der Waals surface area contributed by atoms with E-state index in [0.717, 1.165) is 68.2 Å². The van der Waals surface area contributed by atoms with Gasteiger partial charge in [0, 0.05) is 51.4 Å². The van der Waals surface area contributed by atoms with Gasteiger partial charge in [0.05, 0.1) is 18.6 Å². The molecule has 8 heteroatoms. The Morgan fingerprint density at radius 1 is 0.826 bits per heavy atom. The topological polar surface area (TPSA) is 21.7 Å². The molecule has 0 saturated carbocycles. The van der Waals surface area contributed by atoms with Crippen LogP contribution in [-0.2, 0) is 15.8 Å². The van der Waals surface area contributed by atoms with E-state index in [-0.39, 0.29) is 11.2 Å². The second-order valence-corrected chi connectivity index (χ2v) is 13.8. The Labute approximate surface area is 275 Å². The molecular formula is C38H30BBrF3NO2. The quantitative estimate of drug-likeness (QED) is 0.182. The van der Waals surface area contributed by atoms with Crippen LogP contribution in [0.25, 0.3) is 28.0 Å². The van der Waals surface area contributed by atoms with Gasteiger partial charge in [0.1, 0.15) is 31.0 Å². The average molecular weight is 680 g/mol. The lowest BCUT2D eigenvalue weighted by Crippen LogP contribution is -2.37. The summed E-state index contributed by atoms with van der Waals surface area (Å²) in [7, 11) is 2.02. The van der Waals surface area contributed by atoms with Gasteiger partial charge in [0.2, 0.25) is 0 Å². The number of hydrogen-bond donors (Lipinski definition) is 0. The number of hydrogen-bond acceptors (Lipinski definition) is 3. The Hall–Kier alpha value is -4.01. The van der Waals surface area contributed by atoms with Crippen LogP contribution in [-0.4, -0.2) is 34.1 Å². The molecule has 1 aliphatic carbocycles. The lowest BCUT2D eigenvalue weighted by molar-refractivity contribution is 0.122. The van der Waals surface area contributed by atoms with Gasteiger partial charge in [-0.25, -0.2) is 13.2 Å². The summed E-state index contributed by atoms with van der Waals surface area (Å²) in [5.41, 5.74) is 6.40. The van der Waals surface area contributed by atoms with E-state index in [1.165, 1.54) is 18.2 Å². The lowest BCUT2D eigenvalue weighted by atomic mass is 9.76. The van der Waals surface area contributed by atoms with E-state index < -0.39 is 22.7 Å². The zero-order valence-corrected chi connectivity index (χ0v) is 27.3. The van der Waals surface area contributed by atoms with E-state index in [0.29, 0.717) is 29.9 Å². The van der Waals surface area contributed by atoms with Crippen molar-refractivity contribution >= 4 is 51.8 Å². The van der Waals surface area contributed by atoms with Gasteiger partial charge in [-0.3, -0.25) is 0 Å². The molecule has 1 saturated heterocycles. The Balaban J connectivity index is 1.40. The van der Waals surface area contributed by atoms with Crippen molar-refractivity contribution in [3.8, 4) is 16.9 Å². The Kier molecular flexibility index (Phi) is 6.72. The average Bonchev–Trinajstić information content (AvgIpc) is 3.28. The molecule has 0 bridgehead atoms. The fraction of sp³-hybridized carbons (Fsp3) is 0.211. The maximum atomic E-state index is 16.2. The van der Waals surface area contributed by atoms with E-state index in [2.05, 4.69) is 58.9 Å². The van der Waals surface area contributed by atoms with Crippen LogP contribution in [0.3, 0.4) is 0 Å². The second-order valence-electron chi connectivity index (χ2n) is 12.9. The van der Waals surface area contributed by atoms with Gasteiger partial charge in [-0.15, -0.1) is 0 Å². The minimum Gasteiger partial charge on any atom is -0.472 e. The molecule has 3 nitrogen and oxygen atoms in total. The first-order valence-electron chi connectivity index (χ1n) is 15.5. The number of nitrogens with zero attached hydrogens (tertiary/aromatic N) is 1. The summed E-state index contributed by atoms with van der Waals surface area (Å²) in [4.78, 5) is 2.27. The number of halogens is 4. The van der Waals surface area contributed by atoms with E-state index in [9.17, 15) is 4.39 Å². The summed E-state index contributed by atoms with van der Waals surface area (Å²) < 4.78 is 59.1. The van der Waals surface area contributed by atoms with E-state index >= 15 is 8.78 Å². The van der Waals surface area contributed by atoms with E-state index in [1.54, 1.807) is 12.1 Å². The number of morpholine rings is 1. The fourth-order valence-corrected chi connectivity index (χ4v) is 8.79. The first-order valence-corrected chi connectivity index (χ1v) is 16.3. The zero-order chi connectivity index (χ0) is 32.0. The molecule has 1 fully saturated rings. The maximum absolute atomic E-state index is 16.2. The van der Waals surface area contributed by atoms with Gasteiger partial charge < -0.3 is 14.4 Å². The van der Waals surface area contributed by atoms with Gasteiger partial charge >= 0.3 is 0 Å². The van der Waals surface area contributed by atoms with Crippen LogP contribution in [0.5, 0.6) is 5.75 Å². The van der Waals surface area contributed by atoms with Gasteiger partial charge in [0.25, 0.3) is 0 Å². The highest BCUT2D eigenvalue weighted by Crippen LogP contribution is 2.59. The van der Waals surface area contributed by atoms with Crippen molar-refractivity contribution in [2.24, 2.45) is 0 Å². The predicted molar refractivity (Wildman–Crippen MR) is 184 cm³/mol. The molecule has 0 N–H and O–H groups in total. The van der Waals surface area contributed by atoms with Crippen LogP contribution in [0.1, 0.15) is 41.7 Å². The normalized spacial score (nSPS) is 19.5. The predicted octanol–water partition coefficient (Wildman–Crippen LogP) is 7.77. The molecule has 5 aromatic carbocycles. The van der Waals surface area contributed by atoms with Crippen molar-refractivity contribution in [1.29, 1.82) is 0 Å². The molecule has 2 aliphatic heterocycles. The number of rotatable bonds is 3. The number of benzene rings is 5. The van der Waals surface area contributed by atoms with Crippen LogP contribution >= 0.6 is 15.9 Å². The standard InChI is InChI=1S/C38H30BBrF3NO2/c1-37(2)34-29(17-23(39)18-30(34)40)32-28-19-25(42)20-31(43)33(28)36-27(35(32)37)11-12-38(46-36,21-3-7-24(41)8-4-21)22-5-9-26(10-6-22)44-13-15-45-16-14-44/h3-12,17-20H,13-16,39H2,1-2H3. The Bertz CT molecular complexity index is 2090. The van der Waals surface area contributed by atoms with Crippen LogP contribution in [0.4, 0.5) is 18.9 Å². The molecule has 1 atom stereocenters. The summed E-state index contributed by atoms with van der Waals surface area (Å²) in [6, 6.07) is 20.8. The first-order chi connectivity index (χ1) is 22.1. The van der Waals surface area contributed by atoms with Crippen molar-refractivity contribution in [2.75, 3.05) is 31.2 Å². The molecule has 1 unspecified atom stereocenters. The minimum atomic E-state index is -1.21. The van der Waals surface area contributed by atoms with Crippen molar-refractivity contribution in [3.63, 3.8) is 0 Å². The summed E-state index contributed by atoms with van der Waals surface area (Å²) >= 11 is 3.80. The maximum Gasteiger partial charge on any atom is 0.178 e.